The van der Waals surface area contributed by atoms with Crippen molar-refractivity contribution in [1.82, 2.24) is 10.2 Å². The minimum absolute atomic E-state index is 0.150. The van der Waals surface area contributed by atoms with Gasteiger partial charge < -0.3 is 24.4 Å². The molecule has 0 spiro atoms. The van der Waals surface area contributed by atoms with Gasteiger partial charge in [0.2, 0.25) is 0 Å². The van der Waals surface area contributed by atoms with Gasteiger partial charge in [0.15, 0.2) is 5.96 Å². The van der Waals surface area contributed by atoms with Crippen molar-refractivity contribution in [3.63, 3.8) is 0 Å². The van der Waals surface area contributed by atoms with E-state index in [0.29, 0.717) is 32.3 Å². The fourth-order valence-corrected chi connectivity index (χ4v) is 2.97. The molecule has 1 atom stereocenters. The Bertz CT molecular complexity index is 587. The highest BCUT2D eigenvalue weighted by atomic mass is 19.3. The fraction of sp³-hybridized carbons (Fsp3) is 0.632. The largest absolute Gasteiger partial charge is 0.435 e. The molecule has 1 fully saturated rings. The summed E-state index contributed by atoms with van der Waals surface area (Å²) in [6.07, 6.45) is 1.05. The van der Waals surface area contributed by atoms with Gasteiger partial charge in [-0.15, -0.1) is 0 Å². The summed E-state index contributed by atoms with van der Waals surface area (Å²) in [6.45, 7) is 4.08. The number of aliphatic imine (C=N–C) groups is 1. The Morgan fingerprint density at radius 2 is 2.22 bits per heavy atom. The summed E-state index contributed by atoms with van der Waals surface area (Å²) < 4.78 is 39.8. The van der Waals surface area contributed by atoms with Gasteiger partial charge in [0.25, 0.3) is 0 Å². The zero-order valence-electron chi connectivity index (χ0n) is 16.0. The lowest BCUT2D eigenvalue weighted by Gasteiger charge is -2.21. The van der Waals surface area contributed by atoms with Gasteiger partial charge in [-0.25, -0.2) is 4.99 Å². The number of likely N-dealkylation sites (tertiary alicyclic amines) is 1. The molecule has 0 bridgehead atoms. The van der Waals surface area contributed by atoms with Gasteiger partial charge in [-0.05, 0) is 31.0 Å². The fourth-order valence-electron chi connectivity index (χ4n) is 2.97. The van der Waals surface area contributed by atoms with E-state index in [4.69, 9.17) is 9.47 Å². The maximum atomic E-state index is 12.4. The number of ether oxygens (including phenoxy) is 3. The predicted molar refractivity (Wildman–Crippen MR) is 100 cm³/mol. The zero-order chi connectivity index (χ0) is 19.5. The molecule has 1 unspecified atom stereocenters. The van der Waals surface area contributed by atoms with Gasteiger partial charge in [-0.2, -0.15) is 8.78 Å². The Balaban J connectivity index is 1.90. The van der Waals surface area contributed by atoms with E-state index in [-0.39, 0.29) is 5.75 Å². The minimum atomic E-state index is -2.83. The molecule has 2 rings (SSSR count). The van der Waals surface area contributed by atoms with E-state index in [9.17, 15) is 8.78 Å². The summed E-state index contributed by atoms with van der Waals surface area (Å²) in [5.41, 5.74) is 0.821. The molecular formula is C19H29F2N3O3. The Morgan fingerprint density at radius 1 is 1.37 bits per heavy atom. The molecule has 1 aliphatic heterocycles. The molecule has 0 aliphatic carbocycles. The summed E-state index contributed by atoms with van der Waals surface area (Å²) >= 11 is 0. The predicted octanol–water partition coefficient (Wildman–Crippen LogP) is 2.74. The van der Waals surface area contributed by atoms with E-state index in [1.165, 1.54) is 6.07 Å². The molecule has 152 valence electrons. The lowest BCUT2D eigenvalue weighted by atomic mass is 10.1. The van der Waals surface area contributed by atoms with Gasteiger partial charge in [-0.1, -0.05) is 12.1 Å². The van der Waals surface area contributed by atoms with Crippen molar-refractivity contribution in [2.45, 2.75) is 26.5 Å². The number of benzene rings is 1. The number of rotatable bonds is 10. The van der Waals surface area contributed by atoms with Crippen molar-refractivity contribution >= 4 is 5.96 Å². The van der Waals surface area contributed by atoms with Crippen LogP contribution in [0.4, 0.5) is 8.78 Å². The molecule has 1 saturated heterocycles. The summed E-state index contributed by atoms with van der Waals surface area (Å²) in [6, 6.07) is 6.65. The van der Waals surface area contributed by atoms with Crippen LogP contribution in [0.1, 0.15) is 18.9 Å². The van der Waals surface area contributed by atoms with E-state index in [1.807, 2.05) is 13.0 Å². The number of hydrogen-bond donors (Lipinski definition) is 1. The van der Waals surface area contributed by atoms with Crippen molar-refractivity contribution < 1.29 is 23.0 Å². The first-order chi connectivity index (χ1) is 13.1. The second kappa shape index (κ2) is 11.7. The quantitative estimate of drug-likeness (QED) is 0.381. The third kappa shape index (κ3) is 7.68. The summed E-state index contributed by atoms with van der Waals surface area (Å²) in [4.78, 5) is 6.87. The Hall–Kier alpha value is -1.93. The highest BCUT2D eigenvalue weighted by Crippen LogP contribution is 2.19. The molecule has 8 heteroatoms. The van der Waals surface area contributed by atoms with Crippen LogP contribution >= 0.6 is 0 Å². The van der Waals surface area contributed by atoms with Gasteiger partial charge in [0.05, 0.1) is 26.4 Å². The van der Waals surface area contributed by atoms with E-state index in [1.54, 1.807) is 19.2 Å². The van der Waals surface area contributed by atoms with Crippen LogP contribution in [0, 0.1) is 5.92 Å². The molecule has 0 aromatic heterocycles. The van der Waals surface area contributed by atoms with Gasteiger partial charge in [0.1, 0.15) is 5.75 Å². The van der Waals surface area contributed by atoms with E-state index in [0.717, 1.165) is 37.6 Å². The van der Waals surface area contributed by atoms with Crippen LogP contribution < -0.4 is 10.1 Å². The van der Waals surface area contributed by atoms with Crippen molar-refractivity contribution in [2.24, 2.45) is 10.9 Å². The Kier molecular flexibility index (Phi) is 9.27. The van der Waals surface area contributed by atoms with Crippen LogP contribution in [0.5, 0.6) is 5.75 Å². The third-order valence-electron chi connectivity index (χ3n) is 4.24. The van der Waals surface area contributed by atoms with Crippen LogP contribution in [0.15, 0.2) is 29.3 Å². The van der Waals surface area contributed by atoms with Crippen LogP contribution in [0.3, 0.4) is 0 Å². The zero-order valence-corrected chi connectivity index (χ0v) is 16.0. The molecule has 0 radical (unpaired) electrons. The third-order valence-corrected chi connectivity index (χ3v) is 4.24. The van der Waals surface area contributed by atoms with E-state index >= 15 is 0 Å². The standard InChI is InChI=1S/C19H29F2N3O3/c1-3-22-19(24-8-7-16(13-24)14-26-10-9-25-2)23-12-15-5-4-6-17(11-15)27-18(20)21/h4-6,11,16,18H,3,7-10,12-14H2,1-2H3,(H,22,23). The van der Waals surface area contributed by atoms with Crippen molar-refractivity contribution in [3.8, 4) is 5.75 Å². The first-order valence-electron chi connectivity index (χ1n) is 9.26. The molecule has 27 heavy (non-hydrogen) atoms. The topological polar surface area (TPSA) is 55.3 Å². The normalized spacial score (nSPS) is 17.6. The second-order valence-electron chi connectivity index (χ2n) is 6.36. The first-order valence-corrected chi connectivity index (χ1v) is 9.26. The van der Waals surface area contributed by atoms with Crippen molar-refractivity contribution in [3.05, 3.63) is 29.8 Å². The van der Waals surface area contributed by atoms with Crippen LogP contribution in [-0.2, 0) is 16.0 Å². The number of alkyl halides is 2. The van der Waals surface area contributed by atoms with Crippen LogP contribution in [0.2, 0.25) is 0 Å². The lowest BCUT2D eigenvalue weighted by molar-refractivity contribution is -0.0498. The van der Waals surface area contributed by atoms with Crippen LogP contribution in [-0.4, -0.2) is 64.0 Å². The maximum Gasteiger partial charge on any atom is 0.387 e. The molecular weight excluding hydrogens is 356 g/mol. The minimum Gasteiger partial charge on any atom is -0.435 e. The van der Waals surface area contributed by atoms with Crippen molar-refractivity contribution in [2.75, 3.05) is 46.6 Å². The van der Waals surface area contributed by atoms with E-state index < -0.39 is 6.61 Å². The van der Waals surface area contributed by atoms with Gasteiger partial charge in [0, 0.05) is 32.7 Å². The highest BCUT2D eigenvalue weighted by molar-refractivity contribution is 5.80. The average molecular weight is 385 g/mol. The molecule has 1 heterocycles. The number of hydrogen-bond acceptors (Lipinski definition) is 4. The molecule has 1 aliphatic rings. The summed E-state index contributed by atoms with van der Waals surface area (Å²) in [5, 5.41) is 3.30. The number of nitrogens with zero attached hydrogens (tertiary/aromatic N) is 2. The average Bonchev–Trinajstić information content (AvgIpc) is 3.11. The summed E-state index contributed by atoms with van der Waals surface area (Å²) in [5.74, 6) is 1.45. The van der Waals surface area contributed by atoms with Gasteiger partial charge in [-0.3, -0.25) is 0 Å². The summed E-state index contributed by atoms with van der Waals surface area (Å²) in [7, 11) is 1.66. The lowest BCUT2D eigenvalue weighted by Crippen LogP contribution is -2.40. The number of guanidine groups is 1. The highest BCUT2D eigenvalue weighted by Gasteiger charge is 2.24. The molecule has 0 amide bonds. The molecule has 1 aromatic carbocycles. The number of halogens is 2. The maximum absolute atomic E-state index is 12.4. The van der Waals surface area contributed by atoms with E-state index in [2.05, 4.69) is 19.9 Å². The second-order valence-corrected chi connectivity index (χ2v) is 6.36. The molecule has 1 N–H and O–H groups in total. The molecule has 6 nitrogen and oxygen atoms in total. The number of nitrogens with one attached hydrogen (secondary N) is 1. The first kappa shape index (κ1) is 21.4. The SMILES string of the molecule is CCNC(=NCc1cccc(OC(F)F)c1)N1CCC(COCCOC)C1. The smallest absolute Gasteiger partial charge is 0.387 e. The number of methoxy groups -OCH3 is 1. The molecule has 0 saturated carbocycles. The van der Waals surface area contributed by atoms with Crippen LogP contribution in [0.25, 0.3) is 0 Å². The van der Waals surface area contributed by atoms with Gasteiger partial charge >= 0.3 is 6.61 Å². The monoisotopic (exact) mass is 385 g/mol. The Morgan fingerprint density at radius 3 is 2.96 bits per heavy atom. The molecule has 1 aromatic rings. The Labute approximate surface area is 159 Å². The van der Waals surface area contributed by atoms with Crippen molar-refractivity contribution in [1.29, 1.82) is 0 Å².